The molecule has 0 spiro atoms. The summed E-state index contributed by atoms with van der Waals surface area (Å²) in [7, 11) is 0. The van der Waals surface area contributed by atoms with E-state index in [1.165, 1.54) is 6.42 Å². The van der Waals surface area contributed by atoms with Crippen LogP contribution >= 0.6 is 0 Å². The molecule has 2 aliphatic rings. The molecule has 20 heavy (non-hydrogen) atoms. The van der Waals surface area contributed by atoms with E-state index < -0.39 is 0 Å². The number of aryl methyl sites for hydroxylation is 1. The number of pyridine rings is 1. The lowest BCUT2D eigenvalue weighted by atomic mass is 9.79. The molecule has 3 rings (SSSR count). The van der Waals surface area contributed by atoms with Crippen molar-refractivity contribution < 1.29 is 4.79 Å². The number of nitrogens with two attached hydrogens (primary N) is 1. The maximum absolute atomic E-state index is 12.3. The van der Waals surface area contributed by atoms with E-state index in [-0.39, 0.29) is 5.91 Å². The highest BCUT2D eigenvalue weighted by Crippen LogP contribution is 2.35. The van der Waals surface area contributed by atoms with Gasteiger partial charge in [0, 0.05) is 37.9 Å². The van der Waals surface area contributed by atoms with Gasteiger partial charge in [0.25, 0.3) is 0 Å². The molecule has 1 aliphatic carbocycles. The molecule has 3 atom stereocenters. The van der Waals surface area contributed by atoms with E-state index in [1.54, 1.807) is 6.20 Å². The highest BCUT2D eigenvalue weighted by molar-refractivity contribution is 5.76. The van der Waals surface area contributed by atoms with Crippen molar-refractivity contribution in [2.45, 2.75) is 38.1 Å². The number of nitrogens with zero attached hydrogens (tertiary/aromatic N) is 2. The second-order valence-electron chi connectivity index (χ2n) is 6.25. The molecule has 1 aliphatic heterocycles. The summed E-state index contributed by atoms with van der Waals surface area (Å²) in [5, 5.41) is 0. The molecule has 0 radical (unpaired) electrons. The predicted octanol–water partition coefficient (Wildman–Crippen LogP) is 1.60. The molecule has 0 bridgehead atoms. The van der Waals surface area contributed by atoms with Crippen molar-refractivity contribution in [3.05, 3.63) is 30.1 Å². The summed E-state index contributed by atoms with van der Waals surface area (Å²) in [6, 6.07) is 4.30. The van der Waals surface area contributed by atoms with E-state index >= 15 is 0 Å². The normalized spacial score (nSPS) is 29.2. The van der Waals surface area contributed by atoms with Crippen LogP contribution in [-0.2, 0) is 11.2 Å². The van der Waals surface area contributed by atoms with Gasteiger partial charge in [-0.2, -0.15) is 0 Å². The van der Waals surface area contributed by atoms with Crippen LogP contribution in [-0.4, -0.2) is 34.9 Å². The number of aromatic nitrogens is 1. The SMILES string of the molecule is NC1CC[C@@H]2CN(C(=O)CCc3cccnc3)C[C@@H]2C1. The van der Waals surface area contributed by atoms with Gasteiger partial charge in [0.1, 0.15) is 0 Å². The summed E-state index contributed by atoms with van der Waals surface area (Å²) in [5.41, 5.74) is 7.17. The molecule has 1 unspecified atom stereocenters. The molecule has 1 amide bonds. The molecule has 1 saturated heterocycles. The Hall–Kier alpha value is -1.42. The Labute approximate surface area is 120 Å². The first-order valence-electron chi connectivity index (χ1n) is 7.64. The van der Waals surface area contributed by atoms with Crippen LogP contribution < -0.4 is 5.73 Å². The summed E-state index contributed by atoms with van der Waals surface area (Å²) in [6.07, 6.45) is 8.40. The number of amides is 1. The van der Waals surface area contributed by atoms with Crippen molar-refractivity contribution in [1.82, 2.24) is 9.88 Å². The van der Waals surface area contributed by atoms with E-state index in [2.05, 4.69) is 9.88 Å². The zero-order valence-electron chi connectivity index (χ0n) is 11.9. The van der Waals surface area contributed by atoms with Crippen molar-refractivity contribution in [2.75, 3.05) is 13.1 Å². The van der Waals surface area contributed by atoms with E-state index in [9.17, 15) is 4.79 Å². The second kappa shape index (κ2) is 5.92. The molecule has 4 nitrogen and oxygen atoms in total. The van der Waals surface area contributed by atoms with Gasteiger partial charge in [-0.15, -0.1) is 0 Å². The van der Waals surface area contributed by atoms with Crippen LogP contribution in [0.15, 0.2) is 24.5 Å². The molecule has 1 saturated carbocycles. The lowest BCUT2D eigenvalue weighted by molar-refractivity contribution is -0.130. The summed E-state index contributed by atoms with van der Waals surface area (Å²) in [5.74, 6) is 1.62. The summed E-state index contributed by atoms with van der Waals surface area (Å²) in [6.45, 7) is 1.87. The summed E-state index contributed by atoms with van der Waals surface area (Å²) < 4.78 is 0. The zero-order valence-corrected chi connectivity index (χ0v) is 11.9. The molecule has 1 aromatic heterocycles. The van der Waals surface area contributed by atoms with Crippen LogP contribution in [0.3, 0.4) is 0 Å². The first-order chi connectivity index (χ1) is 9.72. The zero-order chi connectivity index (χ0) is 13.9. The third kappa shape index (κ3) is 3.01. The number of rotatable bonds is 3. The molecule has 108 valence electrons. The average Bonchev–Trinajstić information content (AvgIpc) is 2.89. The number of carbonyl (C=O) groups is 1. The van der Waals surface area contributed by atoms with E-state index in [0.717, 1.165) is 37.9 Å². The molecule has 4 heteroatoms. The minimum absolute atomic E-state index is 0.289. The first-order valence-corrected chi connectivity index (χ1v) is 7.64. The fourth-order valence-corrected chi connectivity index (χ4v) is 3.63. The number of carbonyl (C=O) groups excluding carboxylic acids is 1. The van der Waals surface area contributed by atoms with Gasteiger partial charge in [-0.05, 0) is 49.1 Å². The van der Waals surface area contributed by atoms with E-state index in [1.807, 2.05) is 18.3 Å². The second-order valence-corrected chi connectivity index (χ2v) is 6.25. The standard InChI is InChI=1S/C16H23N3O/c17-15-5-4-13-10-19(11-14(13)8-15)16(20)6-3-12-2-1-7-18-9-12/h1-2,7,9,13-15H,3-6,8,10-11,17H2/t13-,14+,15?/m1/s1. The van der Waals surface area contributed by atoms with E-state index in [0.29, 0.717) is 24.3 Å². The van der Waals surface area contributed by atoms with Crippen molar-refractivity contribution in [3.63, 3.8) is 0 Å². The molecule has 2 heterocycles. The van der Waals surface area contributed by atoms with Crippen LogP contribution in [0.5, 0.6) is 0 Å². The molecule has 2 N–H and O–H groups in total. The van der Waals surface area contributed by atoms with Gasteiger partial charge in [-0.3, -0.25) is 9.78 Å². The monoisotopic (exact) mass is 273 g/mol. The van der Waals surface area contributed by atoms with Gasteiger partial charge >= 0.3 is 0 Å². The van der Waals surface area contributed by atoms with Crippen molar-refractivity contribution >= 4 is 5.91 Å². The van der Waals surface area contributed by atoms with Crippen LogP contribution in [0.4, 0.5) is 0 Å². The number of hydrogen-bond donors (Lipinski definition) is 1. The Balaban J connectivity index is 1.51. The Morgan fingerprint density at radius 2 is 2.20 bits per heavy atom. The van der Waals surface area contributed by atoms with Crippen LogP contribution in [0, 0.1) is 11.8 Å². The summed E-state index contributed by atoms with van der Waals surface area (Å²) in [4.78, 5) is 18.5. The van der Waals surface area contributed by atoms with E-state index in [4.69, 9.17) is 5.73 Å². The Bertz CT molecular complexity index is 462. The maximum atomic E-state index is 12.3. The fraction of sp³-hybridized carbons (Fsp3) is 0.625. The molecule has 0 aromatic carbocycles. The highest BCUT2D eigenvalue weighted by Gasteiger charge is 2.38. The molecule has 2 fully saturated rings. The van der Waals surface area contributed by atoms with Gasteiger partial charge in [0.15, 0.2) is 0 Å². The number of hydrogen-bond acceptors (Lipinski definition) is 3. The van der Waals surface area contributed by atoms with Crippen LogP contribution in [0.1, 0.15) is 31.2 Å². The van der Waals surface area contributed by atoms with Crippen molar-refractivity contribution in [1.29, 1.82) is 0 Å². The third-order valence-electron chi connectivity index (χ3n) is 4.79. The molecule has 1 aromatic rings. The van der Waals surface area contributed by atoms with Gasteiger partial charge in [0.05, 0.1) is 0 Å². The Kier molecular flexibility index (Phi) is 4.01. The van der Waals surface area contributed by atoms with Crippen LogP contribution in [0.25, 0.3) is 0 Å². The van der Waals surface area contributed by atoms with Crippen molar-refractivity contribution in [3.8, 4) is 0 Å². The largest absolute Gasteiger partial charge is 0.342 e. The van der Waals surface area contributed by atoms with Gasteiger partial charge < -0.3 is 10.6 Å². The topological polar surface area (TPSA) is 59.2 Å². The number of likely N-dealkylation sites (tertiary alicyclic amines) is 1. The Morgan fingerprint density at radius 1 is 1.35 bits per heavy atom. The maximum Gasteiger partial charge on any atom is 0.222 e. The quantitative estimate of drug-likeness (QED) is 0.910. The smallest absolute Gasteiger partial charge is 0.222 e. The molecular weight excluding hydrogens is 250 g/mol. The van der Waals surface area contributed by atoms with Crippen LogP contribution in [0.2, 0.25) is 0 Å². The third-order valence-corrected chi connectivity index (χ3v) is 4.79. The first kappa shape index (κ1) is 13.6. The predicted molar refractivity (Wildman–Crippen MR) is 77.9 cm³/mol. The average molecular weight is 273 g/mol. The van der Waals surface area contributed by atoms with Crippen molar-refractivity contribution in [2.24, 2.45) is 17.6 Å². The Morgan fingerprint density at radius 3 is 3.00 bits per heavy atom. The minimum Gasteiger partial charge on any atom is -0.342 e. The van der Waals surface area contributed by atoms with Gasteiger partial charge in [0.2, 0.25) is 5.91 Å². The fourth-order valence-electron chi connectivity index (χ4n) is 3.63. The highest BCUT2D eigenvalue weighted by atomic mass is 16.2. The minimum atomic E-state index is 0.289. The summed E-state index contributed by atoms with van der Waals surface area (Å²) >= 11 is 0. The molecular formula is C16H23N3O. The lowest BCUT2D eigenvalue weighted by Gasteiger charge is -2.27. The number of fused-ring (bicyclic) bond motifs is 1. The van der Waals surface area contributed by atoms with Gasteiger partial charge in [-0.1, -0.05) is 6.07 Å². The lowest BCUT2D eigenvalue weighted by Crippen LogP contribution is -2.32. The van der Waals surface area contributed by atoms with Gasteiger partial charge in [-0.25, -0.2) is 0 Å².